The number of hydrazine groups is 1. The summed E-state index contributed by atoms with van der Waals surface area (Å²) in [6.45, 7) is 6.86. The van der Waals surface area contributed by atoms with E-state index in [9.17, 15) is 27.2 Å². The van der Waals surface area contributed by atoms with E-state index in [1.165, 1.54) is 18.2 Å². The van der Waals surface area contributed by atoms with E-state index < -0.39 is 47.0 Å². The van der Waals surface area contributed by atoms with Crippen molar-refractivity contribution in [1.29, 1.82) is 0 Å². The summed E-state index contributed by atoms with van der Waals surface area (Å²) < 4.78 is 65.7. The molecule has 3 aromatic rings. The first-order chi connectivity index (χ1) is 17.5. The Balaban J connectivity index is 1.59. The number of rotatable bonds is 6. The van der Waals surface area contributed by atoms with Gasteiger partial charge in [-0.2, -0.15) is 13.2 Å². The Hall–Kier alpha value is -4.15. The predicted molar refractivity (Wildman–Crippen MR) is 122 cm³/mol. The lowest BCUT2D eigenvalue weighted by atomic mass is 10.1. The lowest BCUT2D eigenvalue weighted by Gasteiger charge is -2.30. The van der Waals surface area contributed by atoms with E-state index in [0.717, 1.165) is 28.8 Å². The van der Waals surface area contributed by atoms with Crippen molar-refractivity contribution in [2.24, 2.45) is 0 Å². The molecule has 0 spiro atoms. The van der Waals surface area contributed by atoms with Gasteiger partial charge in [-0.05, 0) is 42.5 Å². The number of alkyl halides is 3. The Labute approximate surface area is 211 Å². The van der Waals surface area contributed by atoms with Gasteiger partial charge in [-0.3, -0.25) is 19.6 Å². The second kappa shape index (κ2) is 10.5. The fraction of sp³-hybridized carbons (Fsp3) is 0.217. The molecular weight excluding hydrogens is 522 g/mol. The van der Waals surface area contributed by atoms with Crippen LogP contribution >= 0.6 is 11.6 Å². The number of aromatic nitrogens is 2. The van der Waals surface area contributed by atoms with Crippen molar-refractivity contribution in [2.75, 3.05) is 0 Å². The van der Waals surface area contributed by atoms with Crippen LogP contribution in [0.3, 0.4) is 0 Å². The molecule has 37 heavy (non-hydrogen) atoms. The first kappa shape index (κ1) is 25.9. The van der Waals surface area contributed by atoms with Crippen molar-refractivity contribution < 1.29 is 31.8 Å². The summed E-state index contributed by atoms with van der Waals surface area (Å²) in [5.74, 6) is -2.15. The van der Waals surface area contributed by atoms with Gasteiger partial charge in [0.2, 0.25) is 5.75 Å². The average Bonchev–Trinajstić information content (AvgIpc) is 2.84. The van der Waals surface area contributed by atoms with Gasteiger partial charge in [0.15, 0.2) is 17.5 Å². The molecule has 2 atom stereocenters. The molecule has 0 radical (unpaired) electrons. The van der Waals surface area contributed by atoms with Crippen molar-refractivity contribution in [3.05, 3.63) is 87.1 Å². The molecule has 1 fully saturated rings. The summed E-state index contributed by atoms with van der Waals surface area (Å²) in [6.07, 6.45) is -5.30. The summed E-state index contributed by atoms with van der Waals surface area (Å²) in [4.78, 5) is 31.8. The molecule has 1 aliphatic rings. The summed E-state index contributed by atoms with van der Waals surface area (Å²) in [7, 11) is 0. The number of amides is 1. The highest BCUT2D eigenvalue weighted by Gasteiger charge is 2.39. The maximum Gasteiger partial charge on any atom is 0.437 e. The van der Waals surface area contributed by atoms with Gasteiger partial charge in [0.25, 0.3) is 11.5 Å². The Morgan fingerprint density at radius 3 is 2.57 bits per heavy atom. The Bertz CT molecular complexity index is 1420. The molecular formula is C23H16ClF4N5O4. The number of ether oxygens (including phenoxy) is 2. The maximum absolute atomic E-state index is 13.6. The number of carbonyl (C=O) groups is 1. The Kier molecular flexibility index (Phi) is 7.33. The minimum atomic E-state index is -5.01. The zero-order valence-electron chi connectivity index (χ0n) is 18.6. The van der Waals surface area contributed by atoms with Crippen LogP contribution in [0.25, 0.3) is 4.85 Å². The fourth-order valence-corrected chi connectivity index (χ4v) is 3.72. The van der Waals surface area contributed by atoms with Gasteiger partial charge < -0.3 is 9.47 Å². The number of nitrogens with zero attached hydrogens (tertiary/aromatic N) is 3. The summed E-state index contributed by atoms with van der Waals surface area (Å²) in [5.41, 5.74) is 2.34. The van der Waals surface area contributed by atoms with Crippen molar-refractivity contribution in [2.45, 2.75) is 31.3 Å². The lowest BCUT2D eigenvalue weighted by molar-refractivity contribution is -0.142. The van der Waals surface area contributed by atoms with E-state index in [1.54, 1.807) is 0 Å². The van der Waals surface area contributed by atoms with Gasteiger partial charge in [-0.15, -0.1) is 0 Å². The molecule has 2 unspecified atom stereocenters. The Morgan fingerprint density at radius 2 is 1.89 bits per heavy atom. The molecule has 1 aromatic heterocycles. The number of hydrogen-bond donors (Lipinski definition) is 2. The zero-order valence-corrected chi connectivity index (χ0v) is 19.3. The van der Waals surface area contributed by atoms with E-state index >= 15 is 0 Å². The monoisotopic (exact) mass is 537 g/mol. The first-order valence-electron chi connectivity index (χ1n) is 10.5. The zero-order chi connectivity index (χ0) is 26.7. The van der Waals surface area contributed by atoms with Crippen LogP contribution in [0.15, 0.2) is 53.6 Å². The molecule has 2 heterocycles. The van der Waals surface area contributed by atoms with Crippen molar-refractivity contribution in [1.82, 2.24) is 20.4 Å². The second-order valence-electron chi connectivity index (χ2n) is 7.86. The number of hydrogen-bond acceptors (Lipinski definition) is 6. The van der Waals surface area contributed by atoms with Crippen LogP contribution in [0.1, 0.15) is 12.1 Å². The van der Waals surface area contributed by atoms with E-state index in [-0.39, 0.29) is 35.2 Å². The van der Waals surface area contributed by atoms with Crippen LogP contribution in [0, 0.1) is 12.4 Å². The summed E-state index contributed by atoms with van der Waals surface area (Å²) in [6, 6.07) is 7.89. The van der Waals surface area contributed by atoms with E-state index in [2.05, 4.69) is 20.7 Å². The predicted octanol–water partition coefficient (Wildman–Crippen LogP) is 4.24. The van der Waals surface area contributed by atoms with Gasteiger partial charge >= 0.3 is 6.18 Å². The first-order valence-corrected chi connectivity index (χ1v) is 10.9. The van der Waals surface area contributed by atoms with E-state index in [0.29, 0.717) is 6.33 Å². The molecule has 192 valence electrons. The summed E-state index contributed by atoms with van der Waals surface area (Å²) in [5, 5.41) is 0.0237. The largest absolute Gasteiger partial charge is 0.480 e. The highest BCUT2D eigenvalue weighted by Crippen LogP contribution is 2.36. The van der Waals surface area contributed by atoms with Crippen molar-refractivity contribution in [3.8, 4) is 17.2 Å². The van der Waals surface area contributed by atoms with Crippen LogP contribution in [0.5, 0.6) is 17.2 Å². The number of nitrogens with one attached hydrogen (secondary N) is 2. The van der Waals surface area contributed by atoms with Gasteiger partial charge in [0.1, 0.15) is 17.3 Å². The van der Waals surface area contributed by atoms with Gasteiger partial charge in [-0.1, -0.05) is 11.6 Å². The van der Waals surface area contributed by atoms with E-state index in [4.69, 9.17) is 27.6 Å². The van der Waals surface area contributed by atoms with Crippen LogP contribution in [0.2, 0.25) is 5.02 Å². The molecule has 1 aliphatic heterocycles. The maximum atomic E-state index is 13.6. The molecule has 0 aliphatic carbocycles. The SMILES string of the molecule is [C-]#[N+]c1cc(Cl)cc(Oc2c(C(F)(F)F)ncn(CC3CC(Oc4ccc(F)cc4)C(=O)NN3)c2=O)c1. The highest BCUT2D eigenvalue weighted by atomic mass is 35.5. The average molecular weight is 538 g/mol. The molecule has 0 bridgehead atoms. The lowest BCUT2D eigenvalue weighted by Crippen LogP contribution is -2.58. The minimum absolute atomic E-state index is 0.00498. The third kappa shape index (κ3) is 6.16. The van der Waals surface area contributed by atoms with Crippen LogP contribution in [0.4, 0.5) is 23.2 Å². The van der Waals surface area contributed by atoms with Crippen molar-refractivity contribution in [3.63, 3.8) is 0 Å². The molecule has 1 saturated heterocycles. The van der Waals surface area contributed by atoms with Gasteiger partial charge in [0.05, 0.1) is 12.9 Å². The van der Waals surface area contributed by atoms with Crippen LogP contribution < -0.4 is 25.9 Å². The standard InChI is InChI=1S/C23H16ClF4N5O4/c1-29-14-6-12(24)7-17(8-14)37-19-20(23(26,27)28)30-11-33(22(19)35)10-15-9-18(21(34)32-31-15)36-16-4-2-13(25)3-5-16/h2-8,11,15,18,31H,9-10H2,(H,32,34). The van der Waals surface area contributed by atoms with Crippen LogP contribution in [-0.4, -0.2) is 27.6 Å². The minimum Gasteiger partial charge on any atom is -0.480 e. The third-order valence-electron chi connectivity index (χ3n) is 5.17. The molecule has 0 saturated carbocycles. The normalized spacial score (nSPS) is 17.6. The topological polar surface area (TPSA) is 98.8 Å². The second-order valence-corrected chi connectivity index (χ2v) is 8.30. The molecule has 2 N–H and O–H groups in total. The third-order valence-corrected chi connectivity index (χ3v) is 5.39. The fourth-order valence-electron chi connectivity index (χ4n) is 3.50. The Morgan fingerprint density at radius 1 is 1.16 bits per heavy atom. The van der Waals surface area contributed by atoms with Gasteiger partial charge in [-0.25, -0.2) is 19.6 Å². The highest BCUT2D eigenvalue weighted by molar-refractivity contribution is 6.31. The van der Waals surface area contributed by atoms with Crippen LogP contribution in [-0.2, 0) is 17.5 Å². The molecule has 1 amide bonds. The van der Waals surface area contributed by atoms with Gasteiger partial charge in [0, 0.05) is 24.0 Å². The molecule has 9 nitrogen and oxygen atoms in total. The smallest absolute Gasteiger partial charge is 0.437 e. The molecule has 2 aromatic carbocycles. The quantitative estimate of drug-likeness (QED) is 0.361. The van der Waals surface area contributed by atoms with E-state index in [1.807, 2.05) is 0 Å². The number of benzene rings is 2. The number of halogens is 5. The molecule has 4 rings (SSSR count). The van der Waals surface area contributed by atoms with Crippen molar-refractivity contribution >= 4 is 23.2 Å². The molecule has 14 heteroatoms. The summed E-state index contributed by atoms with van der Waals surface area (Å²) >= 11 is 5.90. The number of carbonyl (C=O) groups excluding carboxylic acids is 1.